The second-order valence-electron chi connectivity index (χ2n) is 5.15. The van der Waals surface area contributed by atoms with Crippen molar-refractivity contribution in [2.45, 2.75) is 6.54 Å². The second-order valence-corrected chi connectivity index (χ2v) is 5.15. The van der Waals surface area contributed by atoms with Gasteiger partial charge in [0.05, 0.1) is 12.6 Å². The number of nitrogens with zero attached hydrogens (tertiary/aromatic N) is 3. The van der Waals surface area contributed by atoms with Gasteiger partial charge >= 0.3 is 5.76 Å². The molecule has 0 fully saturated rings. The summed E-state index contributed by atoms with van der Waals surface area (Å²) in [6.07, 6.45) is 0. The Labute approximate surface area is 136 Å². The molecule has 0 aliphatic rings. The topological polar surface area (TPSA) is 83.3 Å². The Morgan fingerprint density at radius 3 is 2.62 bits per heavy atom. The van der Waals surface area contributed by atoms with Crippen molar-refractivity contribution in [3.05, 3.63) is 65.0 Å². The van der Waals surface area contributed by atoms with E-state index in [0.29, 0.717) is 22.9 Å². The maximum atomic E-state index is 12.0. The summed E-state index contributed by atoms with van der Waals surface area (Å²) in [5, 5.41) is 8.04. The Kier molecular flexibility index (Phi) is 3.38. The van der Waals surface area contributed by atoms with Crippen molar-refractivity contribution in [2.75, 3.05) is 7.11 Å². The second kappa shape index (κ2) is 5.69. The van der Waals surface area contributed by atoms with E-state index in [2.05, 4.69) is 10.2 Å². The Morgan fingerprint density at radius 1 is 1.04 bits per heavy atom. The molecule has 2 aromatic heterocycles. The van der Waals surface area contributed by atoms with Crippen molar-refractivity contribution in [3.63, 3.8) is 0 Å². The number of fused-ring (bicyclic) bond motifs is 1. The van der Waals surface area contributed by atoms with Crippen LogP contribution in [0.5, 0.6) is 5.75 Å². The lowest BCUT2D eigenvalue weighted by atomic mass is 10.2. The minimum atomic E-state index is -0.458. The van der Waals surface area contributed by atoms with Crippen LogP contribution in [0.25, 0.3) is 22.6 Å². The predicted molar refractivity (Wildman–Crippen MR) is 85.9 cm³/mol. The molecular weight excluding hydrogens is 310 g/mol. The minimum absolute atomic E-state index is 0.152. The number of benzene rings is 2. The van der Waals surface area contributed by atoms with Gasteiger partial charge in [-0.1, -0.05) is 12.1 Å². The Hall–Kier alpha value is -3.35. The zero-order valence-corrected chi connectivity index (χ0v) is 12.8. The summed E-state index contributed by atoms with van der Waals surface area (Å²) in [4.78, 5) is 12.0. The van der Waals surface area contributed by atoms with Crippen LogP contribution in [-0.2, 0) is 6.54 Å². The van der Waals surface area contributed by atoms with Crippen molar-refractivity contribution in [3.8, 4) is 17.2 Å². The van der Waals surface area contributed by atoms with Crippen LogP contribution < -0.4 is 10.5 Å². The maximum Gasteiger partial charge on any atom is 0.420 e. The number of aromatic nitrogens is 3. The van der Waals surface area contributed by atoms with Crippen LogP contribution in [0.1, 0.15) is 5.89 Å². The summed E-state index contributed by atoms with van der Waals surface area (Å²) in [5.41, 5.74) is 1.99. The van der Waals surface area contributed by atoms with Crippen LogP contribution in [0, 0.1) is 0 Å². The number of hydrogen-bond acceptors (Lipinski definition) is 6. The van der Waals surface area contributed by atoms with Gasteiger partial charge in [-0.25, -0.2) is 4.79 Å². The van der Waals surface area contributed by atoms with Crippen LogP contribution in [0.3, 0.4) is 0 Å². The van der Waals surface area contributed by atoms with Crippen LogP contribution in [0.4, 0.5) is 0 Å². The fourth-order valence-electron chi connectivity index (χ4n) is 2.47. The fraction of sp³-hybridized carbons (Fsp3) is 0.118. The first kappa shape index (κ1) is 14.3. The number of para-hydroxylation sites is 2. The zero-order valence-electron chi connectivity index (χ0n) is 12.8. The first-order valence-corrected chi connectivity index (χ1v) is 7.30. The third-order valence-electron chi connectivity index (χ3n) is 3.67. The molecule has 7 nitrogen and oxygen atoms in total. The standard InChI is InChI=1S/C17H13N3O4/c1-22-12-8-6-11(7-9-12)16-19-18-15(24-16)10-20-13-4-2-3-5-14(13)23-17(20)21/h2-9H,10H2,1H3. The van der Waals surface area contributed by atoms with Crippen molar-refractivity contribution in [1.29, 1.82) is 0 Å². The molecule has 24 heavy (non-hydrogen) atoms. The molecule has 120 valence electrons. The van der Waals surface area contributed by atoms with Crippen molar-refractivity contribution >= 4 is 11.1 Å². The van der Waals surface area contributed by atoms with Gasteiger partial charge in [0.1, 0.15) is 12.3 Å². The van der Waals surface area contributed by atoms with Gasteiger partial charge in [0.2, 0.25) is 11.8 Å². The van der Waals surface area contributed by atoms with E-state index in [0.717, 1.165) is 11.3 Å². The minimum Gasteiger partial charge on any atom is -0.497 e. The van der Waals surface area contributed by atoms with E-state index in [4.69, 9.17) is 13.6 Å². The maximum absolute atomic E-state index is 12.0. The first-order valence-electron chi connectivity index (χ1n) is 7.30. The Balaban J connectivity index is 1.65. The normalized spacial score (nSPS) is 11.0. The molecule has 2 aromatic carbocycles. The third kappa shape index (κ3) is 2.45. The molecule has 0 aliphatic carbocycles. The number of hydrogen-bond donors (Lipinski definition) is 0. The smallest absolute Gasteiger partial charge is 0.420 e. The van der Waals surface area contributed by atoms with E-state index in [1.165, 1.54) is 4.57 Å². The predicted octanol–water partition coefficient (Wildman–Crippen LogP) is 2.70. The molecule has 0 saturated heterocycles. The highest BCUT2D eigenvalue weighted by atomic mass is 16.5. The molecular formula is C17H13N3O4. The Morgan fingerprint density at radius 2 is 1.83 bits per heavy atom. The molecule has 0 radical (unpaired) electrons. The van der Waals surface area contributed by atoms with Gasteiger partial charge in [0.15, 0.2) is 5.58 Å². The molecule has 0 unspecified atom stereocenters. The summed E-state index contributed by atoms with van der Waals surface area (Å²) in [5.74, 6) is 0.998. The molecule has 0 aliphatic heterocycles. The highest BCUT2D eigenvalue weighted by Gasteiger charge is 2.14. The van der Waals surface area contributed by atoms with E-state index in [9.17, 15) is 4.79 Å². The van der Waals surface area contributed by atoms with Crippen LogP contribution in [0.2, 0.25) is 0 Å². The van der Waals surface area contributed by atoms with E-state index in [1.54, 1.807) is 19.2 Å². The van der Waals surface area contributed by atoms with Gasteiger partial charge in [0, 0.05) is 5.56 Å². The van der Waals surface area contributed by atoms with Crippen LogP contribution >= 0.6 is 0 Å². The third-order valence-corrected chi connectivity index (χ3v) is 3.67. The van der Waals surface area contributed by atoms with Crippen molar-refractivity contribution in [2.24, 2.45) is 0 Å². The number of ether oxygens (including phenoxy) is 1. The lowest BCUT2D eigenvalue weighted by molar-refractivity contribution is 0.414. The number of oxazole rings is 1. The molecule has 0 saturated carbocycles. The largest absolute Gasteiger partial charge is 0.497 e. The van der Waals surface area contributed by atoms with Gasteiger partial charge in [0.25, 0.3) is 0 Å². The first-order chi connectivity index (χ1) is 11.7. The van der Waals surface area contributed by atoms with Gasteiger partial charge in [-0.15, -0.1) is 10.2 Å². The van der Waals surface area contributed by atoms with Gasteiger partial charge in [-0.2, -0.15) is 0 Å². The van der Waals surface area contributed by atoms with Gasteiger partial charge in [-0.3, -0.25) is 4.57 Å². The summed E-state index contributed by atoms with van der Waals surface area (Å²) >= 11 is 0. The zero-order chi connectivity index (χ0) is 16.5. The average molecular weight is 323 g/mol. The van der Waals surface area contributed by atoms with Gasteiger partial charge in [-0.05, 0) is 36.4 Å². The SMILES string of the molecule is COc1ccc(-c2nnc(Cn3c(=O)oc4ccccc43)o2)cc1. The molecule has 0 spiro atoms. The average Bonchev–Trinajstić information content (AvgIpc) is 3.21. The molecule has 0 N–H and O–H groups in total. The molecule has 0 bridgehead atoms. The number of methoxy groups -OCH3 is 1. The molecule has 2 heterocycles. The monoisotopic (exact) mass is 323 g/mol. The van der Waals surface area contributed by atoms with E-state index in [1.807, 2.05) is 36.4 Å². The highest BCUT2D eigenvalue weighted by Crippen LogP contribution is 2.21. The van der Waals surface area contributed by atoms with E-state index < -0.39 is 5.76 Å². The molecule has 4 aromatic rings. The van der Waals surface area contributed by atoms with Gasteiger partial charge < -0.3 is 13.6 Å². The summed E-state index contributed by atoms with van der Waals surface area (Å²) in [6.45, 7) is 0.152. The molecule has 7 heteroatoms. The highest BCUT2D eigenvalue weighted by molar-refractivity contribution is 5.72. The van der Waals surface area contributed by atoms with E-state index >= 15 is 0 Å². The summed E-state index contributed by atoms with van der Waals surface area (Å²) in [7, 11) is 1.60. The molecule has 0 atom stereocenters. The van der Waals surface area contributed by atoms with Crippen molar-refractivity contribution < 1.29 is 13.6 Å². The summed E-state index contributed by atoms with van der Waals surface area (Å²) < 4.78 is 17.4. The van der Waals surface area contributed by atoms with Crippen LogP contribution in [-0.4, -0.2) is 21.9 Å². The van der Waals surface area contributed by atoms with Crippen LogP contribution in [0.15, 0.2) is 62.2 Å². The Bertz CT molecular complexity index is 1040. The summed E-state index contributed by atoms with van der Waals surface area (Å²) in [6, 6.07) is 14.5. The quantitative estimate of drug-likeness (QED) is 0.574. The van der Waals surface area contributed by atoms with Crippen molar-refractivity contribution in [1.82, 2.24) is 14.8 Å². The van der Waals surface area contributed by atoms with E-state index in [-0.39, 0.29) is 6.54 Å². The molecule has 4 rings (SSSR count). The lowest BCUT2D eigenvalue weighted by Gasteiger charge is -1.99. The molecule has 0 amide bonds. The number of rotatable bonds is 4. The fourth-order valence-corrected chi connectivity index (χ4v) is 2.47. The lowest BCUT2D eigenvalue weighted by Crippen LogP contribution is -2.15.